The lowest BCUT2D eigenvalue weighted by atomic mass is 10.2. The van der Waals surface area contributed by atoms with Gasteiger partial charge in [0.1, 0.15) is 6.33 Å². The summed E-state index contributed by atoms with van der Waals surface area (Å²) >= 11 is 0. The number of hydrogen-bond acceptors (Lipinski definition) is 3. The van der Waals surface area contributed by atoms with Gasteiger partial charge in [0.25, 0.3) is 0 Å². The number of hydrogen-bond donors (Lipinski definition) is 1. The van der Waals surface area contributed by atoms with Crippen LogP contribution in [-0.2, 0) is 4.79 Å². The second kappa shape index (κ2) is 7.92. The maximum atomic E-state index is 13.5. The van der Waals surface area contributed by atoms with Gasteiger partial charge < -0.3 is 10.1 Å². The van der Waals surface area contributed by atoms with Crippen molar-refractivity contribution >= 4 is 22.6 Å². The van der Waals surface area contributed by atoms with E-state index in [9.17, 15) is 9.18 Å². The number of amides is 1. The molecule has 3 aromatic carbocycles. The molecule has 140 valence electrons. The summed E-state index contributed by atoms with van der Waals surface area (Å²) in [6.07, 6.45) is 1.90. The van der Waals surface area contributed by atoms with Crippen LogP contribution in [0.1, 0.15) is 6.42 Å². The maximum absolute atomic E-state index is 13.5. The van der Waals surface area contributed by atoms with E-state index in [0.29, 0.717) is 5.69 Å². The summed E-state index contributed by atoms with van der Waals surface area (Å²) in [5, 5.41) is 2.81. The normalized spacial score (nSPS) is 10.8. The molecule has 0 aliphatic carbocycles. The molecule has 4 aromatic rings. The standard InChI is InChI=1S/C22H18FN3O2/c23-18-5-1-4-8-21(18)28-14-13-22(27)25-16-9-11-17(12-10-16)26-15-24-19-6-2-3-7-20(19)26/h1-12,15H,13-14H2,(H,25,27). The maximum Gasteiger partial charge on any atom is 0.227 e. The predicted molar refractivity (Wildman–Crippen MR) is 106 cm³/mol. The Morgan fingerprint density at radius 3 is 2.57 bits per heavy atom. The first-order valence-electron chi connectivity index (χ1n) is 8.90. The van der Waals surface area contributed by atoms with Crippen LogP contribution in [0.4, 0.5) is 10.1 Å². The first-order valence-corrected chi connectivity index (χ1v) is 8.90. The van der Waals surface area contributed by atoms with Crippen LogP contribution in [-0.4, -0.2) is 22.1 Å². The van der Waals surface area contributed by atoms with Crippen LogP contribution in [0.15, 0.2) is 79.1 Å². The molecule has 0 spiro atoms. The van der Waals surface area contributed by atoms with Gasteiger partial charge in [-0.05, 0) is 48.5 Å². The minimum Gasteiger partial charge on any atom is -0.490 e. The number of benzene rings is 3. The fraction of sp³-hybridized carbons (Fsp3) is 0.0909. The number of fused-ring (bicyclic) bond motifs is 1. The molecule has 0 aliphatic rings. The fourth-order valence-corrected chi connectivity index (χ4v) is 2.91. The third-order valence-electron chi connectivity index (χ3n) is 4.31. The molecule has 0 fully saturated rings. The van der Waals surface area contributed by atoms with Crippen LogP contribution in [0.3, 0.4) is 0 Å². The number of ether oxygens (including phenoxy) is 1. The first-order chi connectivity index (χ1) is 13.7. The quantitative estimate of drug-likeness (QED) is 0.537. The summed E-state index contributed by atoms with van der Waals surface area (Å²) in [6.45, 7) is 0.103. The molecule has 6 heteroatoms. The Labute approximate surface area is 161 Å². The highest BCUT2D eigenvalue weighted by Crippen LogP contribution is 2.20. The summed E-state index contributed by atoms with van der Waals surface area (Å²) in [5.41, 5.74) is 3.58. The second-order valence-corrected chi connectivity index (χ2v) is 6.23. The number of carbonyl (C=O) groups is 1. The SMILES string of the molecule is O=C(CCOc1ccccc1F)Nc1ccc(-n2cnc3ccccc32)cc1. The average Bonchev–Trinajstić information content (AvgIpc) is 3.14. The van der Waals surface area contributed by atoms with Crippen LogP contribution in [0.5, 0.6) is 5.75 Å². The Morgan fingerprint density at radius 1 is 1.00 bits per heavy atom. The number of aromatic nitrogens is 2. The Bertz CT molecular complexity index is 1110. The third kappa shape index (κ3) is 3.86. The zero-order chi connectivity index (χ0) is 19.3. The van der Waals surface area contributed by atoms with Crippen molar-refractivity contribution in [1.82, 2.24) is 9.55 Å². The van der Waals surface area contributed by atoms with Gasteiger partial charge in [-0.25, -0.2) is 9.37 Å². The largest absolute Gasteiger partial charge is 0.490 e. The van der Waals surface area contributed by atoms with Crippen LogP contribution in [0.2, 0.25) is 0 Å². The monoisotopic (exact) mass is 375 g/mol. The van der Waals surface area contributed by atoms with E-state index in [1.165, 1.54) is 12.1 Å². The zero-order valence-corrected chi connectivity index (χ0v) is 15.0. The fourth-order valence-electron chi connectivity index (χ4n) is 2.91. The van der Waals surface area contributed by atoms with Crippen LogP contribution < -0.4 is 10.1 Å². The van der Waals surface area contributed by atoms with Crippen molar-refractivity contribution in [1.29, 1.82) is 0 Å². The molecule has 5 nitrogen and oxygen atoms in total. The number of rotatable bonds is 6. The number of nitrogens with zero attached hydrogens (tertiary/aromatic N) is 2. The molecule has 0 atom stereocenters. The molecule has 0 saturated carbocycles. The van der Waals surface area contributed by atoms with Gasteiger partial charge in [-0.3, -0.25) is 9.36 Å². The van der Waals surface area contributed by atoms with E-state index in [1.807, 2.05) is 53.1 Å². The van der Waals surface area contributed by atoms with Crippen molar-refractivity contribution in [2.45, 2.75) is 6.42 Å². The molecule has 28 heavy (non-hydrogen) atoms. The molecule has 1 aromatic heterocycles. The van der Waals surface area contributed by atoms with E-state index in [-0.39, 0.29) is 24.7 Å². The number of nitrogens with one attached hydrogen (secondary N) is 1. The van der Waals surface area contributed by atoms with E-state index in [2.05, 4.69) is 10.3 Å². The molecule has 0 saturated heterocycles. The first kappa shape index (κ1) is 17.7. The van der Waals surface area contributed by atoms with Gasteiger partial charge in [0.15, 0.2) is 11.6 Å². The number of halogens is 1. The van der Waals surface area contributed by atoms with Crippen molar-refractivity contribution < 1.29 is 13.9 Å². The summed E-state index contributed by atoms with van der Waals surface area (Å²) in [5.74, 6) is -0.491. The molecule has 0 unspecified atom stereocenters. The minimum absolute atomic E-state index is 0.103. The lowest BCUT2D eigenvalue weighted by Crippen LogP contribution is -2.15. The van der Waals surface area contributed by atoms with Gasteiger partial charge in [-0.1, -0.05) is 24.3 Å². The molecular formula is C22H18FN3O2. The van der Waals surface area contributed by atoms with Gasteiger partial charge in [0.05, 0.1) is 24.1 Å². The van der Waals surface area contributed by atoms with Crippen molar-refractivity contribution in [3.63, 3.8) is 0 Å². The molecule has 1 N–H and O–H groups in total. The van der Waals surface area contributed by atoms with Crippen LogP contribution in [0, 0.1) is 5.82 Å². The average molecular weight is 375 g/mol. The van der Waals surface area contributed by atoms with Crippen molar-refractivity contribution in [2.24, 2.45) is 0 Å². The number of imidazole rings is 1. The van der Waals surface area contributed by atoms with Gasteiger partial charge in [0.2, 0.25) is 5.91 Å². The molecule has 1 heterocycles. The summed E-state index contributed by atoms with van der Waals surface area (Å²) in [4.78, 5) is 16.5. The van der Waals surface area contributed by atoms with Crippen molar-refractivity contribution in [2.75, 3.05) is 11.9 Å². The highest BCUT2D eigenvalue weighted by atomic mass is 19.1. The predicted octanol–water partition coefficient (Wildman–Crippen LogP) is 4.57. The Hall–Kier alpha value is -3.67. The molecule has 0 radical (unpaired) electrons. The lowest BCUT2D eigenvalue weighted by molar-refractivity contribution is -0.116. The van der Waals surface area contributed by atoms with E-state index in [4.69, 9.17) is 4.74 Å². The van der Waals surface area contributed by atoms with E-state index < -0.39 is 5.82 Å². The van der Waals surface area contributed by atoms with E-state index >= 15 is 0 Å². The number of para-hydroxylation sites is 3. The van der Waals surface area contributed by atoms with Crippen molar-refractivity contribution in [3.05, 3.63) is 84.9 Å². The van der Waals surface area contributed by atoms with Crippen LogP contribution in [0.25, 0.3) is 16.7 Å². The Morgan fingerprint density at radius 2 is 1.75 bits per heavy atom. The van der Waals surface area contributed by atoms with Crippen molar-refractivity contribution in [3.8, 4) is 11.4 Å². The lowest BCUT2D eigenvalue weighted by Gasteiger charge is -2.09. The van der Waals surface area contributed by atoms with Crippen LogP contribution >= 0.6 is 0 Å². The summed E-state index contributed by atoms with van der Waals surface area (Å²) in [6, 6.07) is 21.5. The molecule has 0 bridgehead atoms. The molecule has 0 aliphatic heterocycles. The molecule has 1 amide bonds. The highest BCUT2D eigenvalue weighted by molar-refractivity contribution is 5.90. The van der Waals surface area contributed by atoms with E-state index in [0.717, 1.165) is 16.7 Å². The molecule has 4 rings (SSSR count). The number of carbonyl (C=O) groups excluding carboxylic acids is 1. The number of anilines is 1. The minimum atomic E-state index is -0.439. The smallest absolute Gasteiger partial charge is 0.227 e. The molecular weight excluding hydrogens is 357 g/mol. The highest BCUT2D eigenvalue weighted by Gasteiger charge is 2.07. The zero-order valence-electron chi connectivity index (χ0n) is 15.0. The van der Waals surface area contributed by atoms with E-state index in [1.54, 1.807) is 18.5 Å². The second-order valence-electron chi connectivity index (χ2n) is 6.23. The third-order valence-corrected chi connectivity index (χ3v) is 4.31. The topological polar surface area (TPSA) is 56.1 Å². The Kier molecular flexibility index (Phi) is 5.01. The Balaban J connectivity index is 1.35. The van der Waals surface area contributed by atoms with Gasteiger partial charge in [0, 0.05) is 11.4 Å². The van der Waals surface area contributed by atoms with Gasteiger partial charge in [-0.15, -0.1) is 0 Å². The van der Waals surface area contributed by atoms with Gasteiger partial charge >= 0.3 is 0 Å². The summed E-state index contributed by atoms with van der Waals surface area (Å²) < 4.78 is 20.8. The summed E-state index contributed by atoms with van der Waals surface area (Å²) in [7, 11) is 0. The van der Waals surface area contributed by atoms with Gasteiger partial charge in [-0.2, -0.15) is 0 Å².